The molecule has 0 aliphatic carbocycles. The molecule has 98 valence electrons. The molecule has 1 heterocycles. The van der Waals surface area contributed by atoms with E-state index in [0.717, 1.165) is 18.5 Å². The van der Waals surface area contributed by atoms with E-state index in [0.29, 0.717) is 5.69 Å². The van der Waals surface area contributed by atoms with Gasteiger partial charge in [0.25, 0.3) is 5.91 Å². The number of nitrogens with zero attached hydrogens (tertiary/aromatic N) is 1. The molecule has 0 aliphatic heterocycles. The lowest BCUT2D eigenvalue weighted by molar-refractivity contribution is 0.0691. The molecule has 0 spiro atoms. The summed E-state index contributed by atoms with van der Waals surface area (Å²) in [6.45, 7) is 1.59. The Kier molecular flexibility index (Phi) is 3.28. The number of carbonyl (C=O) groups excluding carboxylic acids is 1. The van der Waals surface area contributed by atoms with Crippen LogP contribution in [-0.2, 0) is 0 Å². The third-order valence-corrected chi connectivity index (χ3v) is 2.41. The molecular formula is C12H9FN2O4. The molecule has 0 radical (unpaired) electrons. The van der Waals surface area contributed by atoms with Crippen molar-refractivity contribution in [2.45, 2.75) is 6.92 Å². The Labute approximate surface area is 106 Å². The van der Waals surface area contributed by atoms with E-state index in [9.17, 15) is 14.0 Å². The molecule has 0 saturated heterocycles. The Morgan fingerprint density at radius 3 is 2.74 bits per heavy atom. The molecule has 0 atom stereocenters. The number of halogens is 1. The monoisotopic (exact) mass is 264 g/mol. The molecule has 6 nitrogen and oxygen atoms in total. The van der Waals surface area contributed by atoms with Crippen molar-refractivity contribution in [2.24, 2.45) is 0 Å². The summed E-state index contributed by atoms with van der Waals surface area (Å²) < 4.78 is 18.1. The number of anilines is 1. The van der Waals surface area contributed by atoms with Crippen molar-refractivity contribution >= 4 is 17.6 Å². The van der Waals surface area contributed by atoms with Crippen LogP contribution in [0.4, 0.5) is 10.1 Å². The highest BCUT2D eigenvalue weighted by Crippen LogP contribution is 2.16. The summed E-state index contributed by atoms with van der Waals surface area (Å²) in [6, 6.07) is 3.25. The summed E-state index contributed by atoms with van der Waals surface area (Å²) in [7, 11) is 0. The molecule has 1 aromatic carbocycles. The highest BCUT2D eigenvalue weighted by Gasteiger charge is 2.16. The van der Waals surface area contributed by atoms with Crippen molar-refractivity contribution in [1.29, 1.82) is 0 Å². The van der Waals surface area contributed by atoms with Gasteiger partial charge in [0.1, 0.15) is 5.82 Å². The van der Waals surface area contributed by atoms with Gasteiger partial charge >= 0.3 is 5.97 Å². The van der Waals surface area contributed by atoms with Crippen molar-refractivity contribution in [3.05, 3.63) is 47.4 Å². The van der Waals surface area contributed by atoms with Crippen molar-refractivity contribution < 1.29 is 23.5 Å². The molecule has 19 heavy (non-hydrogen) atoms. The van der Waals surface area contributed by atoms with Gasteiger partial charge in [0.15, 0.2) is 6.39 Å². The van der Waals surface area contributed by atoms with Crippen LogP contribution in [0.25, 0.3) is 0 Å². The number of amides is 1. The average molecular weight is 264 g/mol. The van der Waals surface area contributed by atoms with E-state index in [2.05, 4.69) is 10.3 Å². The van der Waals surface area contributed by atoms with Crippen LogP contribution >= 0.6 is 0 Å². The van der Waals surface area contributed by atoms with Gasteiger partial charge in [-0.15, -0.1) is 0 Å². The second kappa shape index (κ2) is 4.89. The molecule has 1 amide bonds. The Morgan fingerprint density at radius 2 is 2.16 bits per heavy atom. The first kappa shape index (κ1) is 12.7. The van der Waals surface area contributed by atoms with E-state index in [1.165, 1.54) is 6.07 Å². The lowest BCUT2D eigenvalue weighted by Crippen LogP contribution is -2.13. The number of aromatic nitrogens is 1. The number of benzene rings is 1. The summed E-state index contributed by atoms with van der Waals surface area (Å²) in [5.74, 6) is -2.86. The highest BCUT2D eigenvalue weighted by molar-refractivity contribution is 6.03. The largest absolute Gasteiger partial charge is 0.478 e. The second-order valence-corrected chi connectivity index (χ2v) is 3.72. The molecule has 2 aromatic rings. The predicted octanol–water partition coefficient (Wildman–Crippen LogP) is 2.07. The fourth-order valence-corrected chi connectivity index (χ4v) is 1.47. The summed E-state index contributed by atoms with van der Waals surface area (Å²) in [5, 5.41) is 11.2. The number of hydrogen-bond acceptors (Lipinski definition) is 4. The van der Waals surface area contributed by atoms with Gasteiger partial charge in [-0.05, 0) is 25.1 Å². The van der Waals surface area contributed by atoms with Crippen molar-refractivity contribution in [2.75, 3.05) is 5.32 Å². The zero-order valence-corrected chi connectivity index (χ0v) is 9.81. The van der Waals surface area contributed by atoms with Gasteiger partial charge in [-0.1, -0.05) is 0 Å². The summed E-state index contributed by atoms with van der Waals surface area (Å²) in [5.41, 5.74) is 0.0322. The number of oxazole rings is 1. The summed E-state index contributed by atoms with van der Waals surface area (Å²) in [4.78, 5) is 26.3. The predicted molar refractivity (Wildman–Crippen MR) is 62.6 cm³/mol. The third kappa shape index (κ3) is 2.59. The first-order valence-corrected chi connectivity index (χ1v) is 5.23. The molecule has 0 saturated carbocycles. The van der Waals surface area contributed by atoms with Crippen LogP contribution in [0, 0.1) is 12.7 Å². The van der Waals surface area contributed by atoms with Crippen LogP contribution in [0.2, 0.25) is 0 Å². The first-order valence-electron chi connectivity index (χ1n) is 5.23. The van der Waals surface area contributed by atoms with Crippen LogP contribution in [0.5, 0.6) is 0 Å². The van der Waals surface area contributed by atoms with Gasteiger partial charge < -0.3 is 14.8 Å². The molecule has 2 rings (SSSR count). The molecule has 1 aromatic heterocycles. The normalized spacial score (nSPS) is 10.2. The minimum atomic E-state index is -1.41. The van der Waals surface area contributed by atoms with Crippen LogP contribution < -0.4 is 5.32 Å². The minimum Gasteiger partial charge on any atom is -0.478 e. The van der Waals surface area contributed by atoms with Crippen LogP contribution in [0.3, 0.4) is 0 Å². The quantitative estimate of drug-likeness (QED) is 0.885. The van der Waals surface area contributed by atoms with E-state index >= 15 is 0 Å². The Balaban J connectivity index is 2.25. The topological polar surface area (TPSA) is 92.4 Å². The van der Waals surface area contributed by atoms with Crippen LogP contribution in [-0.4, -0.2) is 22.0 Å². The zero-order chi connectivity index (χ0) is 14.0. The van der Waals surface area contributed by atoms with Gasteiger partial charge in [-0.25, -0.2) is 14.2 Å². The minimum absolute atomic E-state index is 0.0150. The summed E-state index contributed by atoms with van der Waals surface area (Å²) >= 11 is 0. The number of aryl methyl sites for hydroxylation is 1. The van der Waals surface area contributed by atoms with E-state index < -0.39 is 23.3 Å². The number of nitrogens with one attached hydrogen (secondary N) is 1. The first-order chi connectivity index (χ1) is 8.99. The van der Waals surface area contributed by atoms with Gasteiger partial charge in [0.2, 0.25) is 5.76 Å². The van der Waals surface area contributed by atoms with Gasteiger partial charge in [-0.3, -0.25) is 4.79 Å². The number of hydrogen-bond donors (Lipinski definition) is 2. The van der Waals surface area contributed by atoms with Gasteiger partial charge in [0, 0.05) is 5.69 Å². The molecular weight excluding hydrogens is 255 g/mol. The number of rotatable bonds is 3. The highest BCUT2D eigenvalue weighted by atomic mass is 19.1. The number of carboxylic acids is 1. The standard InChI is InChI=1S/C12H9FN2O4/c1-6-10(19-5-14-6)11(16)15-7-2-3-9(13)8(4-7)12(17)18/h2-5H,1H3,(H,15,16)(H,17,18). The van der Waals surface area contributed by atoms with Gasteiger partial charge in [-0.2, -0.15) is 0 Å². The number of carbonyl (C=O) groups is 2. The lowest BCUT2D eigenvalue weighted by atomic mass is 10.2. The smallest absolute Gasteiger partial charge is 0.338 e. The second-order valence-electron chi connectivity index (χ2n) is 3.72. The molecule has 0 bridgehead atoms. The maximum Gasteiger partial charge on any atom is 0.338 e. The SMILES string of the molecule is Cc1ncoc1C(=O)Nc1ccc(F)c(C(=O)O)c1. The van der Waals surface area contributed by atoms with Crippen molar-refractivity contribution in [1.82, 2.24) is 4.98 Å². The molecule has 2 N–H and O–H groups in total. The third-order valence-electron chi connectivity index (χ3n) is 2.41. The van der Waals surface area contributed by atoms with E-state index in [-0.39, 0.29) is 11.4 Å². The van der Waals surface area contributed by atoms with Crippen LogP contribution in [0.1, 0.15) is 26.6 Å². The van der Waals surface area contributed by atoms with E-state index in [4.69, 9.17) is 9.52 Å². The average Bonchev–Trinajstić information content (AvgIpc) is 2.77. The molecule has 0 aliphatic rings. The number of aromatic carboxylic acids is 1. The van der Waals surface area contributed by atoms with Crippen LogP contribution in [0.15, 0.2) is 29.0 Å². The Morgan fingerprint density at radius 1 is 1.42 bits per heavy atom. The molecule has 7 heteroatoms. The lowest BCUT2D eigenvalue weighted by Gasteiger charge is -2.05. The fraction of sp³-hybridized carbons (Fsp3) is 0.0833. The zero-order valence-electron chi connectivity index (χ0n) is 9.81. The maximum atomic E-state index is 13.2. The Hall–Kier alpha value is -2.70. The number of carboxylic acid groups (broad SMARTS) is 1. The maximum absolute atomic E-state index is 13.2. The van der Waals surface area contributed by atoms with Gasteiger partial charge in [0.05, 0.1) is 11.3 Å². The molecule has 0 fully saturated rings. The Bertz CT molecular complexity index is 651. The summed E-state index contributed by atoms with van der Waals surface area (Å²) in [6.07, 6.45) is 1.12. The fourth-order valence-electron chi connectivity index (χ4n) is 1.47. The molecule has 0 unspecified atom stereocenters. The van der Waals surface area contributed by atoms with Crippen molar-refractivity contribution in [3.63, 3.8) is 0 Å². The van der Waals surface area contributed by atoms with E-state index in [1.54, 1.807) is 6.92 Å². The van der Waals surface area contributed by atoms with E-state index in [1.807, 2.05) is 0 Å². The van der Waals surface area contributed by atoms with Crippen molar-refractivity contribution in [3.8, 4) is 0 Å².